The smallest absolute Gasteiger partial charge is 0.191 e. The first-order valence-corrected chi connectivity index (χ1v) is 8.86. The molecule has 1 unspecified atom stereocenters. The van der Waals surface area contributed by atoms with Crippen LogP contribution in [0.4, 0.5) is 0 Å². The minimum atomic E-state index is 0.430. The Hall–Kier alpha value is -2.70. The van der Waals surface area contributed by atoms with E-state index < -0.39 is 0 Å². The van der Waals surface area contributed by atoms with E-state index >= 15 is 0 Å². The lowest BCUT2D eigenvalue weighted by Gasteiger charge is -2.16. The minimum absolute atomic E-state index is 0.430. The Morgan fingerprint density at radius 2 is 2.04 bits per heavy atom. The topological polar surface area (TPSA) is 72.7 Å². The molecule has 26 heavy (non-hydrogen) atoms. The molecule has 1 aromatic heterocycles. The molecule has 7 nitrogen and oxygen atoms in total. The Morgan fingerprint density at radius 1 is 1.23 bits per heavy atom. The average molecular weight is 359 g/mol. The minimum Gasteiger partial charge on any atom is -0.493 e. The molecule has 7 heteroatoms. The predicted molar refractivity (Wildman–Crippen MR) is 104 cm³/mol. The SMILES string of the molecule is CCNC(=NCc1ccc(OC)c(OC)c1)NCC(C)Cn1cccn1. The molecule has 0 radical (unpaired) electrons. The summed E-state index contributed by atoms with van der Waals surface area (Å²) in [6.45, 7) is 7.30. The highest BCUT2D eigenvalue weighted by atomic mass is 16.5. The molecule has 0 aliphatic carbocycles. The molecule has 1 heterocycles. The van der Waals surface area contributed by atoms with E-state index in [-0.39, 0.29) is 0 Å². The van der Waals surface area contributed by atoms with Gasteiger partial charge >= 0.3 is 0 Å². The maximum atomic E-state index is 5.35. The predicted octanol–water partition coefficient (Wildman–Crippen LogP) is 2.29. The number of hydrogen-bond acceptors (Lipinski definition) is 4. The van der Waals surface area contributed by atoms with Gasteiger partial charge in [0.15, 0.2) is 17.5 Å². The van der Waals surface area contributed by atoms with Crippen molar-refractivity contribution in [2.45, 2.75) is 26.9 Å². The van der Waals surface area contributed by atoms with Crippen LogP contribution in [-0.2, 0) is 13.1 Å². The van der Waals surface area contributed by atoms with Gasteiger partial charge in [-0.05, 0) is 36.6 Å². The second-order valence-corrected chi connectivity index (χ2v) is 6.10. The molecule has 0 saturated heterocycles. The summed E-state index contributed by atoms with van der Waals surface area (Å²) in [5.74, 6) is 2.66. The van der Waals surface area contributed by atoms with Crippen LogP contribution in [0.15, 0.2) is 41.7 Å². The van der Waals surface area contributed by atoms with Gasteiger partial charge in [-0.1, -0.05) is 13.0 Å². The number of aliphatic imine (C=N–C) groups is 1. The molecular formula is C19H29N5O2. The first kappa shape index (κ1) is 19.6. The van der Waals surface area contributed by atoms with Crippen molar-refractivity contribution < 1.29 is 9.47 Å². The van der Waals surface area contributed by atoms with Crippen LogP contribution in [0.3, 0.4) is 0 Å². The molecule has 0 spiro atoms. The number of benzene rings is 1. The molecule has 0 saturated carbocycles. The summed E-state index contributed by atoms with van der Waals surface area (Å²) >= 11 is 0. The maximum Gasteiger partial charge on any atom is 0.191 e. The lowest BCUT2D eigenvalue weighted by molar-refractivity contribution is 0.354. The summed E-state index contributed by atoms with van der Waals surface area (Å²) in [5, 5.41) is 10.9. The third-order valence-corrected chi connectivity index (χ3v) is 3.89. The van der Waals surface area contributed by atoms with Crippen LogP contribution < -0.4 is 20.1 Å². The van der Waals surface area contributed by atoms with E-state index in [1.54, 1.807) is 20.4 Å². The van der Waals surface area contributed by atoms with Crippen LogP contribution in [0, 0.1) is 5.92 Å². The average Bonchev–Trinajstić information content (AvgIpc) is 3.16. The number of hydrogen-bond donors (Lipinski definition) is 2. The van der Waals surface area contributed by atoms with E-state index in [4.69, 9.17) is 9.47 Å². The lowest BCUT2D eigenvalue weighted by Crippen LogP contribution is -2.40. The first-order valence-electron chi connectivity index (χ1n) is 8.86. The molecular weight excluding hydrogens is 330 g/mol. The highest BCUT2D eigenvalue weighted by Crippen LogP contribution is 2.27. The monoisotopic (exact) mass is 359 g/mol. The fourth-order valence-electron chi connectivity index (χ4n) is 2.55. The summed E-state index contributed by atoms with van der Waals surface area (Å²) in [6, 6.07) is 7.78. The van der Waals surface area contributed by atoms with Crippen molar-refractivity contribution >= 4 is 5.96 Å². The quantitative estimate of drug-likeness (QED) is 0.531. The number of guanidine groups is 1. The summed E-state index contributed by atoms with van der Waals surface area (Å²) in [5.41, 5.74) is 1.06. The molecule has 0 aliphatic rings. The standard InChI is InChI=1S/C19H29N5O2/c1-5-20-19(21-12-15(2)14-24-10-6-9-23-24)22-13-16-7-8-17(25-3)18(11-16)26-4/h6-11,15H,5,12-14H2,1-4H3,(H2,20,21,22). The third kappa shape index (κ3) is 5.98. The number of methoxy groups -OCH3 is 2. The third-order valence-electron chi connectivity index (χ3n) is 3.89. The van der Waals surface area contributed by atoms with Crippen molar-refractivity contribution in [3.8, 4) is 11.5 Å². The van der Waals surface area contributed by atoms with Gasteiger partial charge in [-0.3, -0.25) is 4.68 Å². The van der Waals surface area contributed by atoms with Crippen molar-refractivity contribution in [2.75, 3.05) is 27.3 Å². The van der Waals surface area contributed by atoms with Gasteiger partial charge in [0.25, 0.3) is 0 Å². The number of nitrogens with one attached hydrogen (secondary N) is 2. The van der Waals surface area contributed by atoms with Gasteiger partial charge in [0.2, 0.25) is 0 Å². The van der Waals surface area contributed by atoms with Gasteiger partial charge in [0, 0.05) is 32.0 Å². The molecule has 1 atom stereocenters. The van der Waals surface area contributed by atoms with Crippen molar-refractivity contribution in [3.63, 3.8) is 0 Å². The molecule has 2 N–H and O–H groups in total. The first-order chi connectivity index (χ1) is 12.7. The number of rotatable bonds is 9. The van der Waals surface area contributed by atoms with E-state index in [1.165, 1.54) is 0 Å². The van der Waals surface area contributed by atoms with Crippen LogP contribution >= 0.6 is 0 Å². The highest BCUT2D eigenvalue weighted by Gasteiger charge is 2.07. The van der Waals surface area contributed by atoms with Crippen LogP contribution in [0.25, 0.3) is 0 Å². The van der Waals surface area contributed by atoms with Gasteiger partial charge in [0.1, 0.15) is 0 Å². The molecule has 0 fully saturated rings. The Morgan fingerprint density at radius 3 is 2.69 bits per heavy atom. The van der Waals surface area contributed by atoms with Crippen molar-refractivity contribution in [1.29, 1.82) is 0 Å². The molecule has 2 rings (SSSR count). The Bertz CT molecular complexity index is 685. The fourth-order valence-corrected chi connectivity index (χ4v) is 2.55. The number of nitrogens with zero attached hydrogens (tertiary/aromatic N) is 3. The van der Waals surface area contributed by atoms with E-state index in [0.29, 0.717) is 18.2 Å². The van der Waals surface area contributed by atoms with Gasteiger partial charge in [-0.25, -0.2) is 4.99 Å². The van der Waals surface area contributed by atoms with E-state index in [0.717, 1.165) is 36.9 Å². The second kappa shape index (κ2) is 10.3. The molecule has 0 aliphatic heterocycles. The van der Waals surface area contributed by atoms with Crippen LogP contribution in [-0.4, -0.2) is 43.0 Å². The molecule has 2 aromatic rings. The van der Waals surface area contributed by atoms with Gasteiger partial charge in [0.05, 0.1) is 20.8 Å². The number of aromatic nitrogens is 2. The maximum absolute atomic E-state index is 5.35. The van der Waals surface area contributed by atoms with Gasteiger partial charge in [-0.15, -0.1) is 0 Å². The van der Waals surface area contributed by atoms with E-state index in [1.807, 2.05) is 35.1 Å². The highest BCUT2D eigenvalue weighted by molar-refractivity contribution is 5.79. The zero-order chi connectivity index (χ0) is 18.8. The summed E-state index contributed by atoms with van der Waals surface area (Å²) in [7, 11) is 3.27. The van der Waals surface area contributed by atoms with Gasteiger partial charge in [-0.2, -0.15) is 5.10 Å². The Balaban J connectivity index is 1.93. The zero-order valence-corrected chi connectivity index (χ0v) is 16.0. The fraction of sp³-hybridized carbons (Fsp3) is 0.474. The van der Waals surface area contributed by atoms with Gasteiger partial charge < -0.3 is 20.1 Å². The van der Waals surface area contributed by atoms with Crippen LogP contribution in [0.5, 0.6) is 11.5 Å². The van der Waals surface area contributed by atoms with E-state index in [2.05, 4.69) is 34.6 Å². The van der Waals surface area contributed by atoms with Crippen molar-refractivity contribution in [3.05, 3.63) is 42.2 Å². The summed E-state index contributed by atoms with van der Waals surface area (Å²) in [4.78, 5) is 4.66. The van der Waals surface area contributed by atoms with Crippen LogP contribution in [0.2, 0.25) is 0 Å². The van der Waals surface area contributed by atoms with E-state index in [9.17, 15) is 0 Å². The summed E-state index contributed by atoms with van der Waals surface area (Å²) < 4.78 is 12.6. The molecule has 142 valence electrons. The Labute approximate surface area is 155 Å². The Kier molecular flexibility index (Phi) is 7.79. The summed E-state index contributed by atoms with van der Waals surface area (Å²) in [6.07, 6.45) is 3.78. The van der Waals surface area contributed by atoms with Crippen LogP contribution in [0.1, 0.15) is 19.4 Å². The molecule has 0 bridgehead atoms. The molecule has 1 aromatic carbocycles. The number of ether oxygens (including phenoxy) is 2. The normalized spacial score (nSPS) is 12.5. The zero-order valence-electron chi connectivity index (χ0n) is 16.0. The van der Waals surface area contributed by atoms with Crippen molar-refractivity contribution in [2.24, 2.45) is 10.9 Å². The largest absolute Gasteiger partial charge is 0.493 e. The second-order valence-electron chi connectivity index (χ2n) is 6.10. The van der Waals surface area contributed by atoms with Crippen molar-refractivity contribution in [1.82, 2.24) is 20.4 Å². The lowest BCUT2D eigenvalue weighted by atomic mass is 10.2. The molecule has 0 amide bonds.